The highest BCUT2D eigenvalue weighted by Crippen LogP contribution is 2.35. The highest BCUT2D eigenvalue weighted by Gasteiger charge is 2.35. The zero-order valence-electron chi connectivity index (χ0n) is 8.96. The molecule has 4 nitrogen and oxygen atoms in total. The van der Waals surface area contributed by atoms with Crippen molar-refractivity contribution in [2.24, 2.45) is 0 Å². The molecule has 17 heavy (non-hydrogen) atoms. The topological polar surface area (TPSA) is 60.2 Å². The van der Waals surface area contributed by atoms with Crippen molar-refractivity contribution in [2.75, 3.05) is 0 Å². The summed E-state index contributed by atoms with van der Waals surface area (Å²) in [5.41, 5.74) is -2.46. The van der Waals surface area contributed by atoms with Crippen LogP contribution in [0.5, 0.6) is 0 Å². The summed E-state index contributed by atoms with van der Waals surface area (Å²) in [5, 5.41) is 10.6. The molecule has 0 N–H and O–H groups in total. The Kier molecular flexibility index (Phi) is 3.21. The number of hydrogen-bond donors (Lipinski definition) is 0. The highest BCUT2D eigenvalue weighted by molar-refractivity contribution is 5.98. The minimum atomic E-state index is -4.64. The SMILES string of the molecule is CC(=O)c1cc(C(F)(F)F)c(C)cc1[N+](=O)[O-]. The van der Waals surface area contributed by atoms with Crippen molar-refractivity contribution in [1.29, 1.82) is 0 Å². The number of hydrogen-bond acceptors (Lipinski definition) is 3. The number of halogens is 3. The molecular formula is C10H8F3NO3. The zero-order chi connectivity index (χ0) is 13.4. The van der Waals surface area contributed by atoms with Crippen molar-refractivity contribution in [1.82, 2.24) is 0 Å². The van der Waals surface area contributed by atoms with Gasteiger partial charge in [-0.15, -0.1) is 0 Å². The molecule has 1 aromatic rings. The summed E-state index contributed by atoms with van der Waals surface area (Å²) in [7, 11) is 0. The van der Waals surface area contributed by atoms with E-state index in [4.69, 9.17) is 0 Å². The van der Waals surface area contributed by atoms with Gasteiger partial charge in [-0.2, -0.15) is 13.2 Å². The lowest BCUT2D eigenvalue weighted by Gasteiger charge is -2.11. The van der Waals surface area contributed by atoms with Gasteiger partial charge in [-0.1, -0.05) is 0 Å². The van der Waals surface area contributed by atoms with Crippen LogP contribution < -0.4 is 0 Å². The molecule has 1 rings (SSSR count). The molecule has 0 aromatic heterocycles. The maximum atomic E-state index is 12.5. The predicted octanol–water partition coefficient (Wildman–Crippen LogP) is 3.12. The Balaban J connectivity index is 3.57. The maximum Gasteiger partial charge on any atom is 0.416 e. The Morgan fingerprint density at radius 2 is 1.88 bits per heavy atom. The molecule has 0 atom stereocenters. The molecule has 0 saturated heterocycles. The summed E-state index contributed by atoms with van der Waals surface area (Å²) in [4.78, 5) is 20.8. The van der Waals surface area contributed by atoms with Gasteiger partial charge in [0.1, 0.15) is 0 Å². The Morgan fingerprint density at radius 3 is 2.24 bits per heavy atom. The Bertz CT molecular complexity index is 494. The number of ketones is 1. The number of Topliss-reactive ketones (excluding diaryl/α,β-unsaturated/α-hetero) is 1. The number of nitro benzene ring substituents is 1. The molecule has 0 aliphatic rings. The average molecular weight is 247 g/mol. The van der Waals surface area contributed by atoms with Gasteiger partial charge in [-0.25, -0.2) is 0 Å². The fourth-order valence-corrected chi connectivity index (χ4v) is 1.43. The van der Waals surface area contributed by atoms with Gasteiger partial charge in [0.15, 0.2) is 5.78 Å². The fraction of sp³-hybridized carbons (Fsp3) is 0.300. The van der Waals surface area contributed by atoms with Crippen molar-refractivity contribution in [2.45, 2.75) is 20.0 Å². The molecule has 0 unspecified atom stereocenters. The van der Waals surface area contributed by atoms with Gasteiger partial charge in [0.2, 0.25) is 0 Å². The molecule has 0 bridgehead atoms. The molecular weight excluding hydrogens is 239 g/mol. The van der Waals surface area contributed by atoms with Gasteiger partial charge in [0, 0.05) is 6.07 Å². The number of alkyl halides is 3. The molecule has 0 amide bonds. The van der Waals surface area contributed by atoms with E-state index in [1.54, 1.807) is 0 Å². The lowest BCUT2D eigenvalue weighted by atomic mass is 10.0. The quantitative estimate of drug-likeness (QED) is 0.458. The number of benzene rings is 1. The minimum absolute atomic E-state index is 0.283. The smallest absolute Gasteiger partial charge is 0.294 e. The average Bonchev–Trinajstić information content (AvgIpc) is 2.14. The molecule has 1 aromatic carbocycles. The van der Waals surface area contributed by atoms with Crippen molar-refractivity contribution in [3.05, 3.63) is 38.9 Å². The number of nitro groups is 1. The first-order valence-electron chi connectivity index (χ1n) is 4.51. The molecule has 0 spiro atoms. The van der Waals surface area contributed by atoms with E-state index in [1.807, 2.05) is 0 Å². The van der Waals surface area contributed by atoms with Crippen molar-refractivity contribution in [3.8, 4) is 0 Å². The van der Waals surface area contributed by atoms with E-state index in [1.165, 1.54) is 0 Å². The largest absolute Gasteiger partial charge is 0.416 e. The Labute approximate surface area is 94.2 Å². The lowest BCUT2D eigenvalue weighted by Crippen LogP contribution is -2.11. The third kappa shape index (κ3) is 2.61. The third-order valence-corrected chi connectivity index (χ3v) is 2.22. The van der Waals surface area contributed by atoms with Crippen LogP contribution in [0.1, 0.15) is 28.4 Å². The number of carbonyl (C=O) groups is 1. The molecule has 92 valence electrons. The second-order valence-corrected chi connectivity index (χ2v) is 3.50. The molecule has 0 aliphatic carbocycles. The summed E-state index contributed by atoms with van der Waals surface area (Å²) >= 11 is 0. The molecule has 0 heterocycles. The van der Waals surface area contributed by atoms with Crippen LogP contribution in [0.3, 0.4) is 0 Å². The van der Waals surface area contributed by atoms with E-state index in [0.717, 1.165) is 19.9 Å². The summed E-state index contributed by atoms with van der Waals surface area (Å²) in [5.74, 6) is -0.776. The number of rotatable bonds is 2. The molecule has 7 heteroatoms. The van der Waals surface area contributed by atoms with Gasteiger partial charge in [-0.05, 0) is 25.5 Å². The normalized spacial score (nSPS) is 11.4. The summed E-state index contributed by atoms with van der Waals surface area (Å²) in [6.45, 7) is 2.09. The second kappa shape index (κ2) is 4.15. The fourth-order valence-electron chi connectivity index (χ4n) is 1.43. The van der Waals surface area contributed by atoms with Crippen LogP contribution >= 0.6 is 0 Å². The lowest BCUT2D eigenvalue weighted by molar-refractivity contribution is -0.385. The van der Waals surface area contributed by atoms with Crippen molar-refractivity contribution < 1.29 is 22.9 Å². The number of nitrogens with zero attached hydrogens (tertiary/aromatic N) is 1. The van der Waals surface area contributed by atoms with Crippen LogP contribution in [0.2, 0.25) is 0 Å². The first-order chi connectivity index (χ1) is 7.64. The van der Waals surface area contributed by atoms with E-state index in [9.17, 15) is 28.1 Å². The van der Waals surface area contributed by atoms with Crippen LogP contribution in [-0.2, 0) is 6.18 Å². The Hall–Kier alpha value is -1.92. The van der Waals surface area contributed by atoms with Crippen LogP contribution in [0, 0.1) is 17.0 Å². The van der Waals surface area contributed by atoms with Gasteiger partial charge in [-0.3, -0.25) is 14.9 Å². The second-order valence-electron chi connectivity index (χ2n) is 3.50. The van der Waals surface area contributed by atoms with E-state index in [2.05, 4.69) is 0 Å². The zero-order valence-corrected chi connectivity index (χ0v) is 8.96. The minimum Gasteiger partial charge on any atom is -0.294 e. The highest BCUT2D eigenvalue weighted by atomic mass is 19.4. The maximum absolute atomic E-state index is 12.5. The molecule has 0 fully saturated rings. The predicted molar refractivity (Wildman–Crippen MR) is 52.8 cm³/mol. The van der Waals surface area contributed by atoms with Crippen LogP contribution in [-0.4, -0.2) is 10.7 Å². The first-order valence-corrected chi connectivity index (χ1v) is 4.51. The summed E-state index contributed by atoms with van der Waals surface area (Å²) in [6, 6.07) is 1.29. The number of carbonyl (C=O) groups excluding carboxylic acids is 1. The van der Waals surface area contributed by atoms with E-state index in [0.29, 0.717) is 6.07 Å². The molecule has 0 saturated carbocycles. The van der Waals surface area contributed by atoms with Gasteiger partial charge < -0.3 is 0 Å². The first kappa shape index (κ1) is 13.1. The number of aryl methyl sites for hydroxylation is 1. The third-order valence-electron chi connectivity index (χ3n) is 2.22. The van der Waals surface area contributed by atoms with Crippen LogP contribution in [0.25, 0.3) is 0 Å². The summed E-state index contributed by atoms with van der Waals surface area (Å²) < 4.78 is 37.6. The van der Waals surface area contributed by atoms with E-state index in [-0.39, 0.29) is 5.56 Å². The van der Waals surface area contributed by atoms with Crippen LogP contribution in [0.15, 0.2) is 12.1 Å². The standard InChI is InChI=1S/C10H8F3NO3/c1-5-3-9(14(16)17)7(6(2)15)4-8(5)10(11,12)13/h3-4H,1-2H3. The van der Waals surface area contributed by atoms with Crippen molar-refractivity contribution >= 4 is 11.5 Å². The monoisotopic (exact) mass is 247 g/mol. The molecule has 0 aliphatic heterocycles. The molecule has 0 radical (unpaired) electrons. The van der Waals surface area contributed by atoms with Crippen LogP contribution in [0.4, 0.5) is 18.9 Å². The van der Waals surface area contributed by atoms with Gasteiger partial charge in [0.05, 0.1) is 16.1 Å². The Morgan fingerprint density at radius 1 is 1.35 bits per heavy atom. The van der Waals surface area contributed by atoms with Gasteiger partial charge in [0.25, 0.3) is 5.69 Å². The van der Waals surface area contributed by atoms with Crippen molar-refractivity contribution in [3.63, 3.8) is 0 Å². The summed E-state index contributed by atoms with van der Waals surface area (Å²) in [6.07, 6.45) is -4.64. The van der Waals surface area contributed by atoms with E-state index < -0.39 is 33.7 Å². The van der Waals surface area contributed by atoms with E-state index >= 15 is 0 Å². The van der Waals surface area contributed by atoms with Gasteiger partial charge >= 0.3 is 6.18 Å².